The normalized spacial score (nSPS) is 11.0. The van der Waals surface area contributed by atoms with Gasteiger partial charge in [-0.2, -0.15) is 4.80 Å². The van der Waals surface area contributed by atoms with Gasteiger partial charge in [0.1, 0.15) is 6.54 Å². The van der Waals surface area contributed by atoms with Gasteiger partial charge in [-0.3, -0.25) is 4.79 Å². The average Bonchev–Trinajstić information content (AvgIpc) is 3.15. The van der Waals surface area contributed by atoms with Crippen molar-refractivity contribution in [3.63, 3.8) is 0 Å². The van der Waals surface area contributed by atoms with Gasteiger partial charge in [-0.1, -0.05) is 35.0 Å². The second-order valence-corrected chi connectivity index (χ2v) is 6.84. The van der Waals surface area contributed by atoms with E-state index in [-0.39, 0.29) is 12.3 Å². The lowest BCUT2D eigenvalue weighted by atomic mass is 10.1. The molecular formula is C18H20BrN5O. The zero-order valence-corrected chi connectivity index (χ0v) is 16.1. The Kier molecular flexibility index (Phi) is 5.13. The summed E-state index contributed by atoms with van der Waals surface area (Å²) in [4.78, 5) is 14.0. The Balaban J connectivity index is 1.81. The van der Waals surface area contributed by atoms with Crippen LogP contribution < -0.4 is 0 Å². The van der Waals surface area contributed by atoms with E-state index in [0.717, 1.165) is 40.0 Å². The first-order valence-corrected chi connectivity index (χ1v) is 9.03. The van der Waals surface area contributed by atoms with Crippen LogP contribution in [-0.4, -0.2) is 30.6 Å². The standard InChI is InChI=1S/C18H20BrN5O/c1-4-9-23-12(2)10-15(13(23)3)17(25)11-24-21-18(20-22-24)14-7-5-6-8-16(14)19/h5-8,10H,4,9,11H2,1-3H3. The van der Waals surface area contributed by atoms with E-state index in [0.29, 0.717) is 5.82 Å². The third-order valence-corrected chi connectivity index (χ3v) is 4.87. The van der Waals surface area contributed by atoms with Crippen LogP contribution in [0.4, 0.5) is 0 Å². The van der Waals surface area contributed by atoms with Crippen molar-refractivity contribution in [2.75, 3.05) is 0 Å². The van der Waals surface area contributed by atoms with Crippen LogP contribution in [0.3, 0.4) is 0 Å². The predicted octanol–water partition coefficient (Wildman–Crippen LogP) is 3.81. The van der Waals surface area contributed by atoms with Gasteiger partial charge < -0.3 is 4.57 Å². The van der Waals surface area contributed by atoms with Crippen LogP contribution in [0.15, 0.2) is 34.8 Å². The van der Waals surface area contributed by atoms with E-state index in [1.165, 1.54) is 4.80 Å². The van der Waals surface area contributed by atoms with E-state index in [2.05, 4.69) is 42.8 Å². The molecule has 2 aromatic heterocycles. The fraction of sp³-hybridized carbons (Fsp3) is 0.333. The fourth-order valence-electron chi connectivity index (χ4n) is 2.93. The minimum atomic E-state index is -0.00784. The van der Waals surface area contributed by atoms with Gasteiger partial charge in [-0.05, 0) is 43.7 Å². The molecule has 25 heavy (non-hydrogen) atoms. The maximum atomic E-state index is 12.7. The van der Waals surface area contributed by atoms with Crippen LogP contribution in [0.2, 0.25) is 0 Å². The number of benzene rings is 1. The van der Waals surface area contributed by atoms with Gasteiger partial charge in [-0.15, -0.1) is 10.2 Å². The largest absolute Gasteiger partial charge is 0.348 e. The summed E-state index contributed by atoms with van der Waals surface area (Å²) in [6, 6.07) is 9.61. The Morgan fingerprint density at radius 2 is 2.00 bits per heavy atom. The van der Waals surface area contributed by atoms with Crippen LogP contribution in [0, 0.1) is 13.8 Å². The summed E-state index contributed by atoms with van der Waals surface area (Å²) in [7, 11) is 0. The lowest BCUT2D eigenvalue weighted by Gasteiger charge is -2.07. The van der Waals surface area contributed by atoms with Crippen molar-refractivity contribution in [3.8, 4) is 11.4 Å². The molecule has 0 atom stereocenters. The second kappa shape index (κ2) is 7.31. The smallest absolute Gasteiger partial charge is 0.206 e. The van der Waals surface area contributed by atoms with Gasteiger partial charge >= 0.3 is 0 Å². The van der Waals surface area contributed by atoms with Gasteiger partial charge in [0.15, 0.2) is 5.78 Å². The van der Waals surface area contributed by atoms with Crippen molar-refractivity contribution in [3.05, 3.63) is 51.8 Å². The minimum absolute atomic E-state index is 0.00784. The summed E-state index contributed by atoms with van der Waals surface area (Å²) in [6.07, 6.45) is 1.03. The SMILES string of the molecule is CCCn1c(C)cc(C(=O)Cn2nnc(-c3ccccc3Br)n2)c1C. The first kappa shape index (κ1) is 17.5. The maximum Gasteiger partial charge on any atom is 0.206 e. The van der Waals surface area contributed by atoms with Crippen molar-refractivity contribution < 1.29 is 4.79 Å². The van der Waals surface area contributed by atoms with Gasteiger partial charge in [-0.25, -0.2) is 0 Å². The number of tetrazole rings is 1. The summed E-state index contributed by atoms with van der Waals surface area (Å²) in [5.41, 5.74) is 3.67. The maximum absolute atomic E-state index is 12.7. The number of aromatic nitrogens is 5. The Bertz CT molecular complexity index is 912. The quantitative estimate of drug-likeness (QED) is 0.588. The number of ketones is 1. The number of rotatable bonds is 6. The topological polar surface area (TPSA) is 65.6 Å². The van der Waals surface area contributed by atoms with E-state index in [1.807, 2.05) is 44.2 Å². The fourth-order valence-corrected chi connectivity index (χ4v) is 3.39. The van der Waals surface area contributed by atoms with Crippen LogP contribution in [0.25, 0.3) is 11.4 Å². The van der Waals surface area contributed by atoms with Gasteiger partial charge in [0.2, 0.25) is 5.82 Å². The first-order valence-electron chi connectivity index (χ1n) is 8.24. The summed E-state index contributed by atoms with van der Waals surface area (Å²) in [5.74, 6) is 0.489. The van der Waals surface area contributed by atoms with Crippen molar-refractivity contribution in [1.29, 1.82) is 0 Å². The molecule has 1 aromatic carbocycles. The third kappa shape index (κ3) is 3.56. The first-order chi connectivity index (χ1) is 12.0. The van der Waals surface area contributed by atoms with Crippen molar-refractivity contribution in [2.45, 2.75) is 40.3 Å². The van der Waals surface area contributed by atoms with Gasteiger partial charge in [0.05, 0.1) is 0 Å². The molecule has 0 aliphatic heterocycles. The highest BCUT2D eigenvalue weighted by molar-refractivity contribution is 9.10. The van der Waals surface area contributed by atoms with Crippen molar-refractivity contribution >= 4 is 21.7 Å². The number of carbonyl (C=O) groups is 1. The lowest BCUT2D eigenvalue weighted by Crippen LogP contribution is -2.14. The Labute approximate surface area is 155 Å². The Morgan fingerprint density at radius 3 is 2.72 bits per heavy atom. The molecule has 0 aliphatic rings. The summed E-state index contributed by atoms with van der Waals surface area (Å²) >= 11 is 3.48. The molecule has 0 N–H and O–H groups in total. The predicted molar refractivity (Wildman–Crippen MR) is 99.5 cm³/mol. The molecule has 0 saturated carbocycles. The summed E-state index contributed by atoms with van der Waals surface area (Å²) in [5, 5.41) is 12.4. The van der Waals surface area contributed by atoms with E-state index in [4.69, 9.17) is 0 Å². The molecule has 130 valence electrons. The molecule has 0 fully saturated rings. The van der Waals surface area contributed by atoms with Gasteiger partial charge in [0.25, 0.3) is 0 Å². The molecule has 0 radical (unpaired) electrons. The molecule has 7 heteroatoms. The number of hydrogen-bond acceptors (Lipinski definition) is 4. The van der Waals surface area contributed by atoms with Crippen molar-refractivity contribution in [2.24, 2.45) is 0 Å². The molecule has 0 saturated heterocycles. The van der Waals surface area contributed by atoms with Gasteiger partial charge in [0, 0.05) is 33.5 Å². The highest BCUT2D eigenvalue weighted by Gasteiger charge is 2.17. The summed E-state index contributed by atoms with van der Waals surface area (Å²) < 4.78 is 3.07. The molecule has 0 unspecified atom stereocenters. The number of hydrogen-bond donors (Lipinski definition) is 0. The molecule has 3 aromatic rings. The zero-order valence-electron chi connectivity index (χ0n) is 14.5. The Morgan fingerprint density at radius 1 is 1.24 bits per heavy atom. The molecule has 0 bridgehead atoms. The van der Waals surface area contributed by atoms with Crippen LogP contribution >= 0.6 is 15.9 Å². The van der Waals surface area contributed by atoms with E-state index < -0.39 is 0 Å². The number of Topliss-reactive ketones (excluding diaryl/α,β-unsaturated/α-hetero) is 1. The summed E-state index contributed by atoms with van der Waals surface area (Å²) in [6.45, 7) is 7.13. The molecule has 3 rings (SSSR count). The third-order valence-electron chi connectivity index (χ3n) is 4.17. The molecular weight excluding hydrogens is 382 g/mol. The molecule has 0 spiro atoms. The molecule has 0 aliphatic carbocycles. The van der Waals surface area contributed by atoms with E-state index >= 15 is 0 Å². The monoisotopic (exact) mass is 401 g/mol. The second-order valence-electron chi connectivity index (χ2n) is 5.98. The number of nitrogens with zero attached hydrogens (tertiary/aromatic N) is 5. The van der Waals surface area contributed by atoms with Crippen molar-refractivity contribution in [1.82, 2.24) is 24.8 Å². The molecule has 6 nitrogen and oxygen atoms in total. The number of halogens is 1. The highest BCUT2D eigenvalue weighted by atomic mass is 79.9. The average molecular weight is 402 g/mol. The molecule has 0 amide bonds. The lowest BCUT2D eigenvalue weighted by molar-refractivity contribution is 0.0960. The van der Waals surface area contributed by atoms with Crippen LogP contribution in [0.5, 0.6) is 0 Å². The molecule has 2 heterocycles. The zero-order chi connectivity index (χ0) is 18.0. The van der Waals surface area contributed by atoms with Crippen LogP contribution in [-0.2, 0) is 13.1 Å². The van der Waals surface area contributed by atoms with E-state index in [9.17, 15) is 4.79 Å². The minimum Gasteiger partial charge on any atom is -0.348 e. The highest BCUT2D eigenvalue weighted by Crippen LogP contribution is 2.24. The van der Waals surface area contributed by atoms with E-state index in [1.54, 1.807) is 0 Å². The van der Waals surface area contributed by atoms with Crippen LogP contribution in [0.1, 0.15) is 35.1 Å². The Hall–Kier alpha value is -2.28. The number of carbonyl (C=O) groups excluding carboxylic acids is 1. The number of aryl methyl sites for hydroxylation is 1.